The topological polar surface area (TPSA) is 90.2 Å². The molecular weight excluding hydrogens is 402 g/mol. The third-order valence-corrected chi connectivity index (χ3v) is 5.70. The highest BCUT2D eigenvalue weighted by Gasteiger charge is 2.36. The van der Waals surface area contributed by atoms with Crippen molar-refractivity contribution in [2.45, 2.75) is 38.6 Å². The lowest BCUT2D eigenvalue weighted by molar-refractivity contribution is -0.118. The number of benzene rings is 1. The molecule has 1 atom stereocenters. The third-order valence-electron chi connectivity index (χ3n) is 4.66. The highest BCUT2D eigenvalue weighted by Crippen LogP contribution is 2.43. The molecule has 0 radical (unpaired) electrons. The van der Waals surface area contributed by atoms with E-state index >= 15 is 0 Å². The molecule has 0 saturated carbocycles. The van der Waals surface area contributed by atoms with Crippen molar-refractivity contribution in [1.82, 2.24) is 19.7 Å². The lowest BCUT2D eigenvalue weighted by Gasteiger charge is -2.30. The Kier molecular flexibility index (Phi) is 5.54. The third kappa shape index (κ3) is 3.56. The van der Waals surface area contributed by atoms with Crippen molar-refractivity contribution in [2.24, 2.45) is 0 Å². The maximum Gasteiger partial charge on any atom is 0.247 e. The molecular formula is C21H21N5O3S. The summed E-state index contributed by atoms with van der Waals surface area (Å²) >= 11 is 1.49. The number of nitrogens with zero attached hydrogens (tertiary/aromatic N) is 5. The van der Waals surface area contributed by atoms with Gasteiger partial charge in [0.1, 0.15) is 0 Å². The first kappa shape index (κ1) is 20.1. The maximum atomic E-state index is 12.8. The molecule has 154 valence electrons. The summed E-state index contributed by atoms with van der Waals surface area (Å²) in [6, 6.07) is 10.9. The molecule has 9 heteroatoms. The van der Waals surface area contributed by atoms with Crippen LogP contribution in [-0.2, 0) is 4.79 Å². The van der Waals surface area contributed by atoms with Gasteiger partial charge < -0.3 is 4.74 Å². The monoisotopic (exact) mass is 423 g/mol. The Bertz CT molecular complexity index is 1110. The molecule has 0 saturated heterocycles. The van der Waals surface area contributed by atoms with Gasteiger partial charge in [0, 0.05) is 31.4 Å². The summed E-state index contributed by atoms with van der Waals surface area (Å²) in [6.07, 6.45) is 1.74. The van der Waals surface area contributed by atoms with Crippen LogP contribution in [-0.4, -0.2) is 37.3 Å². The number of para-hydroxylation sites is 1. The zero-order valence-electron chi connectivity index (χ0n) is 16.9. The predicted octanol–water partition coefficient (Wildman–Crippen LogP) is 3.95. The molecule has 1 amide bonds. The summed E-state index contributed by atoms with van der Waals surface area (Å²) in [7, 11) is 0. The zero-order chi connectivity index (χ0) is 21.3. The molecule has 1 aliphatic rings. The largest absolute Gasteiger partial charge is 0.445 e. The number of hydrogen-bond donors (Lipinski definition) is 0. The van der Waals surface area contributed by atoms with Crippen LogP contribution in [0.1, 0.15) is 43.9 Å². The molecule has 0 spiro atoms. The van der Waals surface area contributed by atoms with Gasteiger partial charge in [-0.15, -0.1) is 10.2 Å². The summed E-state index contributed by atoms with van der Waals surface area (Å²) in [5, 5.41) is 9.11. The Balaban J connectivity index is 1.93. The molecule has 8 nitrogen and oxygen atoms in total. The molecule has 30 heavy (non-hydrogen) atoms. The van der Waals surface area contributed by atoms with E-state index in [0.29, 0.717) is 27.8 Å². The van der Waals surface area contributed by atoms with Gasteiger partial charge in [0.05, 0.1) is 11.4 Å². The van der Waals surface area contributed by atoms with Crippen LogP contribution in [0.25, 0.3) is 11.3 Å². The summed E-state index contributed by atoms with van der Waals surface area (Å²) in [6.45, 7) is 5.00. The van der Waals surface area contributed by atoms with Gasteiger partial charge in [-0.25, -0.2) is 0 Å². The van der Waals surface area contributed by atoms with Crippen LogP contribution in [0, 0.1) is 0 Å². The van der Waals surface area contributed by atoms with Gasteiger partial charge in [-0.3, -0.25) is 19.1 Å². The fraction of sp³-hybridized carbons (Fsp3) is 0.286. The minimum Gasteiger partial charge on any atom is -0.445 e. The van der Waals surface area contributed by atoms with E-state index in [4.69, 9.17) is 4.74 Å². The van der Waals surface area contributed by atoms with Crippen LogP contribution >= 0.6 is 11.8 Å². The molecule has 1 aromatic carbocycles. The zero-order valence-corrected chi connectivity index (χ0v) is 17.7. The normalized spacial score (nSPS) is 15.0. The molecule has 0 unspecified atom stereocenters. The number of carbonyl (C=O) groups is 2. The number of ether oxygens (including phenoxy) is 1. The number of rotatable bonds is 4. The average molecular weight is 423 g/mol. The van der Waals surface area contributed by atoms with Crippen LogP contribution in [0.4, 0.5) is 5.69 Å². The first-order valence-corrected chi connectivity index (χ1v) is 10.6. The average Bonchev–Trinajstić information content (AvgIpc) is 3.17. The molecule has 0 fully saturated rings. The number of carbonyl (C=O) groups excluding carboxylic acids is 2. The van der Waals surface area contributed by atoms with Crippen LogP contribution in [0.3, 0.4) is 0 Å². The Morgan fingerprint density at radius 1 is 1.10 bits per heavy atom. The molecule has 4 rings (SSSR count). The highest BCUT2D eigenvalue weighted by molar-refractivity contribution is 7.99. The van der Waals surface area contributed by atoms with E-state index in [-0.39, 0.29) is 17.7 Å². The molecule has 0 bridgehead atoms. The lowest BCUT2D eigenvalue weighted by Crippen LogP contribution is -2.37. The van der Waals surface area contributed by atoms with Gasteiger partial charge in [-0.1, -0.05) is 36.9 Å². The molecule has 3 aromatic rings. The van der Waals surface area contributed by atoms with E-state index in [0.717, 1.165) is 12.2 Å². The maximum absolute atomic E-state index is 12.8. The second-order valence-electron chi connectivity index (χ2n) is 6.80. The molecule has 0 aliphatic carbocycles. The van der Waals surface area contributed by atoms with Crippen LogP contribution in [0.2, 0.25) is 0 Å². The van der Waals surface area contributed by atoms with E-state index in [9.17, 15) is 9.59 Å². The fourth-order valence-corrected chi connectivity index (χ4v) is 4.01. The van der Waals surface area contributed by atoms with Crippen molar-refractivity contribution in [3.8, 4) is 17.1 Å². The van der Waals surface area contributed by atoms with E-state index < -0.39 is 6.23 Å². The second kappa shape index (κ2) is 8.27. The summed E-state index contributed by atoms with van der Waals surface area (Å²) in [4.78, 5) is 31.0. The molecule has 0 N–H and O–H groups in total. The second-order valence-corrected chi connectivity index (χ2v) is 7.86. The van der Waals surface area contributed by atoms with Gasteiger partial charge >= 0.3 is 0 Å². The van der Waals surface area contributed by atoms with E-state index in [1.165, 1.54) is 35.1 Å². The van der Waals surface area contributed by atoms with Crippen LogP contribution in [0.5, 0.6) is 5.88 Å². The van der Waals surface area contributed by atoms with Gasteiger partial charge in [0.2, 0.25) is 29.1 Å². The SMILES string of the molecule is CCCSc1nnc2c(n1)O[C@H](c1cccn1C(C)=O)N(C(C)=O)c1ccccc1-2. The Hall–Kier alpha value is -3.20. The molecule has 3 heterocycles. The van der Waals surface area contributed by atoms with E-state index in [2.05, 4.69) is 22.1 Å². The van der Waals surface area contributed by atoms with E-state index in [1.807, 2.05) is 24.3 Å². The number of thioether (sulfide) groups is 1. The number of fused-ring (bicyclic) bond motifs is 3. The van der Waals surface area contributed by atoms with Crippen LogP contribution < -0.4 is 9.64 Å². The van der Waals surface area contributed by atoms with Crippen LogP contribution in [0.15, 0.2) is 47.8 Å². The first-order chi connectivity index (χ1) is 14.5. The molecule has 2 aromatic heterocycles. The lowest BCUT2D eigenvalue weighted by atomic mass is 10.1. The minimum absolute atomic E-state index is 0.181. The van der Waals surface area contributed by atoms with Gasteiger partial charge in [0.15, 0.2) is 5.69 Å². The molecule has 1 aliphatic heterocycles. The van der Waals surface area contributed by atoms with Crippen molar-refractivity contribution >= 4 is 29.3 Å². The standard InChI is InChI=1S/C21H21N5O3S/c1-4-12-30-21-22-19-18(23-24-21)15-8-5-6-9-16(15)26(14(3)28)20(29-19)17-10-7-11-25(17)13(2)27/h5-11,20H,4,12H2,1-3H3/t20-/m1/s1. The van der Waals surface area contributed by atoms with Crippen molar-refractivity contribution in [1.29, 1.82) is 0 Å². The van der Waals surface area contributed by atoms with Crippen molar-refractivity contribution in [3.63, 3.8) is 0 Å². The quantitative estimate of drug-likeness (QED) is 0.587. The smallest absolute Gasteiger partial charge is 0.247 e. The number of hydrogen-bond acceptors (Lipinski definition) is 7. The van der Waals surface area contributed by atoms with Crippen molar-refractivity contribution < 1.29 is 14.3 Å². The Morgan fingerprint density at radius 3 is 2.63 bits per heavy atom. The Morgan fingerprint density at radius 2 is 1.90 bits per heavy atom. The first-order valence-electron chi connectivity index (χ1n) is 9.62. The summed E-state index contributed by atoms with van der Waals surface area (Å²) < 4.78 is 7.74. The van der Waals surface area contributed by atoms with E-state index in [1.54, 1.807) is 18.3 Å². The minimum atomic E-state index is -0.885. The van der Waals surface area contributed by atoms with Gasteiger partial charge in [-0.2, -0.15) is 4.98 Å². The summed E-state index contributed by atoms with van der Waals surface area (Å²) in [5.41, 5.74) is 2.30. The fourth-order valence-electron chi connectivity index (χ4n) is 3.38. The predicted molar refractivity (Wildman–Crippen MR) is 114 cm³/mol. The van der Waals surface area contributed by atoms with Gasteiger partial charge in [0.25, 0.3) is 0 Å². The highest BCUT2D eigenvalue weighted by atomic mass is 32.2. The van der Waals surface area contributed by atoms with Crippen molar-refractivity contribution in [2.75, 3.05) is 10.7 Å². The van der Waals surface area contributed by atoms with Gasteiger partial charge in [-0.05, 0) is 24.6 Å². The summed E-state index contributed by atoms with van der Waals surface area (Å²) in [5.74, 6) is 0.721. The number of aromatic nitrogens is 4. The number of anilines is 1. The van der Waals surface area contributed by atoms with Crippen molar-refractivity contribution in [3.05, 3.63) is 48.3 Å². The Labute approximate surface area is 178 Å². The number of amides is 1.